The lowest BCUT2D eigenvalue weighted by Gasteiger charge is -2.26. The van der Waals surface area contributed by atoms with Gasteiger partial charge in [0.25, 0.3) is 5.91 Å². The Morgan fingerprint density at radius 2 is 1.95 bits per heavy atom. The first kappa shape index (κ1) is 17.7. The second kappa shape index (κ2) is 7.04. The molecule has 0 atom stereocenters. The second-order valence-electron chi connectivity index (χ2n) is 4.86. The molecule has 21 heavy (non-hydrogen) atoms. The van der Waals surface area contributed by atoms with E-state index in [1.807, 2.05) is 6.92 Å². The minimum absolute atomic E-state index is 0. The maximum Gasteiger partial charge on any atom is 0.318 e. The van der Waals surface area contributed by atoms with Crippen LogP contribution in [0.1, 0.15) is 52.5 Å². The van der Waals surface area contributed by atoms with Crippen LogP contribution in [0.25, 0.3) is 0 Å². The average molecular weight is 313 g/mol. The Morgan fingerprint density at radius 1 is 1.24 bits per heavy atom. The van der Waals surface area contributed by atoms with Crippen LogP contribution in [0.15, 0.2) is 23.1 Å². The van der Waals surface area contributed by atoms with Crippen molar-refractivity contribution >= 4 is 21.7 Å². The highest BCUT2D eigenvalue weighted by Gasteiger charge is 2.33. The van der Waals surface area contributed by atoms with Crippen LogP contribution >= 0.6 is 0 Å². The minimum atomic E-state index is -3.89. The summed E-state index contributed by atoms with van der Waals surface area (Å²) < 4.78 is 29.2. The van der Waals surface area contributed by atoms with Crippen molar-refractivity contribution in [2.75, 3.05) is 5.06 Å². The third-order valence-electron chi connectivity index (χ3n) is 3.22. The summed E-state index contributed by atoms with van der Waals surface area (Å²) in [5.74, 6) is -0.344. The van der Waals surface area contributed by atoms with E-state index in [2.05, 4.69) is 6.92 Å². The highest BCUT2D eigenvalue weighted by Crippen LogP contribution is 2.32. The molecule has 1 aromatic carbocycles. The van der Waals surface area contributed by atoms with Gasteiger partial charge in [-0.2, -0.15) is 13.5 Å². The van der Waals surface area contributed by atoms with E-state index >= 15 is 0 Å². The number of fused-ring (bicyclic) bond motifs is 2. The van der Waals surface area contributed by atoms with Crippen LogP contribution in [0.2, 0.25) is 0 Å². The molecule has 1 aromatic rings. The van der Waals surface area contributed by atoms with Crippen molar-refractivity contribution in [1.82, 2.24) is 0 Å². The number of carbonyl (C=O) groups excluding carboxylic acids is 1. The average Bonchev–Trinajstić information content (AvgIpc) is 2.42. The molecule has 1 amide bonds. The maximum atomic E-state index is 12.1. The van der Waals surface area contributed by atoms with Crippen LogP contribution in [-0.2, 0) is 25.6 Å². The molecule has 0 radical (unpaired) electrons. The molecule has 0 unspecified atom stereocenters. The summed E-state index contributed by atoms with van der Waals surface area (Å²) in [7, 11) is -3.89. The summed E-state index contributed by atoms with van der Waals surface area (Å²) >= 11 is 0. The normalized spacial score (nSPS) is 15.4. The zero-order valence-electron chi connectivity index (χ0n) is 11.8. The van der Waals surface area contributed by atoms with Crippen molar-refractivity contribution in [2.24, 2.45) is 0 Å². The molecular weight excluding hydrogens is 290 g/mol. The summed E-state index contributed by atoms with van der Waals surface area (Å²) in [4.78, 5) is 12.1. The lowest BCUT2D eigenvalue weighted by molar-refractivity contribution is -0.122. The van der Waals surface area contributed by atoms with Crippen molar-refractivity contribution in [2.45, 2.75) is 58.3 Å². The number of benzene rings is 1. The number of unbranched alkanes of at least 4 members (excludes halogenated alkanes) is 1. The van der Waals surface area contributed by atoms with Crippen LogP contribution in [0.3, 0.4) is 0 Å². The van der Waals surface area contributed by atoms with E-state index < -0.39 is 10.1 Å². The van der Waals surface area contributed by atoms with E-state index in [0.29, 0.717) is 18.5 Å². The van der Waals surface area contributed by atoms with Gasteiger partial charge in [-0.25, -0.2) is 0 Å². The van der Waals surface area contributed by atoms with Gasteiger partial charge in [0.15, 0.2) is 0 Å². The fourth-order valence-corrected chi connectivity index (χ4v) is 3.36. The van der Waals surface area contributed by atoms with Crippen molar-refractivity contribution < 1.29 is 17.5 Å². The van der Waals surface area contributed by atoms with Crippen LogP contribution < -0.4 is 5.06 Å². The molecule has 2 bridgehead atoms. The van der Waals surface area contributed by atoms with Gasteiger partial charge in [0.2, 0.25) is 0 Å². The maximum absolute atomic E-state index is 12.1. The van der Waals surface area contributed by atoms with Crippen molar-refractivity contribution in [3.05, 3.63) is 23.8 Å². The molecule has 2 rings (SSSR count). The van der Waals surface area contributed by atoms with Gasteiger partial charge in [0.1, 0.15) is 4.90 Å². The van der Waals surface area contributed by atoms with Crippen LogP contribution in [0, 0.1) is 0 Å². The Morgan fingerprint density at radius 3 is 2.57 bits per heavy atom. The SMILES string of the molecule is C.CCCCc1ccc2cc1S(=O)(=O)ON2C(=O)CCC. The van der Waals surface area contributed by atoms with E-state index in [0.717, 1.165) is 23.5 Å². The van der Waals surface area contributed by atoms with Crippen molar-refractivity contribution in [3.8, 4) is 0 Å². The zero-order valence-corrected chi connectivity index (χ0v) is 12.6. The van der Waals surface area contributed by atoms with Crippen LogP contribution in [-0.4, -0.2) is 14.3 Å². The molecule has 0 aromatic heterocycles. The molecule has 1 heterocycles. The Hall–Kier alpha value is -1.40. The van der Waals surface area contributed by atoms with Crippen molar-refractivity contribution in [3.63, 3.8) is 0 Å². The number of anilines is 1. The molecule has 0 saturated heterocycles. The van der Waals surface area contributed by atoms with Crippen LogP contribution in [0.4, 0.5) is 5.69 Å². The molecule has 0 aliphatic carbocycles. The predicted molar refractivity (Wildman–Crippen MR) is 82.4 cm³/mol. The summed E-state index contributed by atoms with van der Waals surface area (Å²) in [6.07, 6.45) is 3.49. The van der Waals surface area contributed by atoms with E-state index in [-0.39, 0.29) is 24.7 Å². The molecular formula is C15H23NO4S. The summed E-state index contributed by atoms with van der Waals surface area (Å²) in [6, 6.07) is 5.03. The molecule has 0 fully saturated rings. The summed E-state index contributed by atoms with van der Waals surface area (Å²) in [6.45, 7) is 3.91. The Labute approximate surface area is 127 Å². The monoisotopic (exact) mass is 313 g/mol. The van der Waals surface area contributed by atoms with Crippen LogP contribution in [0.5, 0.6) is 0 Å². The first-order chi connectivity index (χ1) is 9.49. The Balaban J connectivity index is 0.00000220. The highest BCUT2D eigenvalue weighted by molar-refractivity contribution is 7.87. The van der Waals surface area contributed by atoms with Gasteiger partial charge in [0, 0.05) is 6.42 Å². The number of carbonyl (C=O) groups is 1. The number of hydrogen-bond donors (Lipinski definition) is 0. The lowest BCUT2D eigenvalue weighted by atomic mass is 10.1. The number of hydroxylamine groups is 1. The molecule has 0 spiro atoms. The van der Waals surface area contributed by atoms with Gasteiger partial charge < -0.3 is 0 Å². The van der Waals surface area contributed by atoms with Gasteiger partial charge in [-0.1, -0.05) is 33.8 Å². The molecule has 5 nitrogen and oxygen atoms in total. The highest BCUT2D eigenvalue weighted by atomic mass is 32.2. The second-order valence-corrected chi connectivity index (χ2v) is 6.36. The van der Waals surface area contributed by atoms with E-state index in [9.17, 15) is 13.2 Å². The zero-order chi connectivity index (χ0) is 14.8. The fraction of sp³-hybridized carbons (Fsp3) is 0.533. The lowest BCUT2D eigenvalue weighted by Crippen LogP contribution is -2.36. The summed E-state index contributed by atoms with van der Waals surface area (Å²) in [5, 5.41) is 0.884. The smallest absolute Gasteiger partial charge is 0.272 e. The molecule has 1 aliphatic rings. The third-order valence-corrected chi connectivity index (χ3v) is 4.48. The van der Waals surface area contributed by atoms with E-state index in [4.69, 9.17) is 4.28 Å². The van der Waals surface area contributed by atoms with Gasteiger partial charge in [-0.05, 0) is 37.0 Å². The molecule has 0 N–H and O–H groups in total. The van der Waals surface area contributed by atoms with E-state index in [1.54, 1.807) is 12.1 Å². The van der Waals surface area contributed by atoms with Gasteiger partial charge in [-0.15, -0.1) is 4.28 Å². The first-order valence-corrected chi connectivity index (χ1v) is 8.31. The number of aryl methyl sites for hydroxylation is 1. The molecule has 6 heteroatoms. The Bertz CT molecular complexity index is 610. The molecule has 118 valence electrons. The fourth-order valence-electron chi connectivity index (χ4n) is 2.16. The summed E-state index contributed by atoms with van der Waals surface area (Å²) in [5.41, 5.74) is 1.23. The third kappa shape index (κ3) is 3.63. The predicted octanol–water partition coefficient (Wildman–Crippen LogP) is 3.43. The van der Waals surface area contributed by atoms with E-state index in [1.165, 1.54) is 6.07 Å². The number of nitrogens with zero attached hydrogens (tertiary/aromatic N) is 1. The molecule has 1 aliphatic heterocycles. The number of amides is 1. The van der Waals surface area contributed by atoms with Gasteiger partial charge >= 0.3 is 10.1 Å². The van der Waals surface area contributed by atoms with Gasteiger partial charge in [-0.3, -0.25) is 4.79 Å². The topological polar surface area (TPSA) is 63.7 Å². The minimum Gasteiger partial charge on any atom is -0.272 e. The number of rotatable bonds is 5. The number of hydrogen-bond acceptors (Lipinski definition) is 4. The quantitative estimate of drug-likeness (QED) is 0.835. The Kier molecular flexibility index (Phi) is 5.92. The largest absolute Gasteiger partial charge is 0.318 e. The molecule has 0 saturated carbocycles. The standard InChI is InChI=1S/C14H19NO4S.CH4/c1-3-5-7-11-8-9-12-10-13(11)20(17,18)19-15(12)14(16)6-4-2;/h8-10H,3-7H2,1-2H3;1H4. The van der Waals surface area contributed by atoms with Crippen molar-refractivity contribution in [1.29, 1.82) is 0 Å². The first-order valence-electron chi connectivity index (χ1n) is 6.90. The van der Waals surface area contributed by atoms with Gasteiger partial charge in [0.05, 0.1) is 5.69 Å².